The first-order valence-electron chi connectivity index (χ1n) is 4.92. The molecular weight excluding hydrogens is 192 g/mol. The molecule has 1 aliphatic heterocycles. The van der Waals surface area contributed by atoms with Crippen LogP contribution in [0.5, 0.6) is 0 Å². The maximum Gasteiger partial charge on any atom is 0.308 e. The smallest absolute Gasteiger partial charge is 0.308 e. The third kappa shape index (κ3) is 1.14. The van der Waals surface area contributed by atoms with Crippen molar-refractivity contribution in [2.45, 2.75) is 13.0 Å². The number of imidazole rings is 1. The number of carbonyl (C=O) groups is 1. The van der Waals surface area contributed by atoms with Crippen LogP contribution < -0.4 is 0 Å². The fraction of sp³-hybridized carbons (Fsp3) is 0.273. The summed E-state index contributed by atoms with van der Waals surface area (Å²) in [7, 11) is 0. The Hall–Kier alpha value is -1.84. The lowest BCUT2D eigenvalue weighted by Gasteiger charge is -2.02. The molecule has 2 heterocycles. The monoisotopic (exact) mass is 202 g/mol. The number of hydrogen-bond acceptors (Lipinski definition) is 2. The molecule has 2 aromatic rings. The average molecular weight is 202 g/mol. The van der Waals surface area contributed by atoms with E-state index in [0.29, 0.717) is 13.0 Å². The van der Waals surface area contributed by atoms with Gasteiger partial charge in [-0.25, -0.2) is 4.98 Å². The lowest BCUT2D eigenvalue weighted by Crippen LogP contribution is -2.14. The molecule has 0 amide bonds. The zero-order valence-corrected chi connectivity index (χ0v) is 8.05. The van der Waals surface area contributed by atoms with Gasteiger partial charge in [-0.05, 0) is 12.1 Å². The van der Waals surface area contributed by atoms with Crippen LogP contribution in [-0.4, -0.2) is 20.6 Å². The molecule has 0 saturated carbocycles. The number of carboxylic acid groups (broad SMARTS) is 1. The van der Waals surface area contributed by atoms with Gasteiger partial charge in [-0.2, -0.15) is 0 Å². The summed E-state index contributed by atoms with van der Waals surface area (Å²) in [5, 5.41) is 8.93. The summed E-state index contributed by atoms with van der Waals surface area (Å²) in [5.41, 5.74) is 1.99. The first kappa shape index (κ1) is 8.47. The Labute approximate surface area is 86.2 Å². The van der Waals surface area contributed by atoms with E-state index in [1.807, 2.05) is 28.8 Å². The van der Waals surface area contributed by atoms with Gasteiger partial charge in [-0.1, -0.05) is 12.1 Å². The molecule has 0 radical (unpaired) electrons. The topological polar surface area (TPSA) is 55.1 Å². The number of benzene rings is 1. The van der Waals surface area contributed by atoms with E-state index in [9.17, 15) is 4.79 Å². The minimum atomic E-state index is -0.732. The molecule has 1 aromatic carbocycles. The number of rotatable bonds is 1. The number of aliphatic carboxylic acids is 1. The fourth-order valence-corrected chi connectivity index (χ4v) is 2.16. The van der Waals surface area contributed by atoms with Crippen LogP contribution in [0.1, 0.15) is 5.82 Å². The lowest BCUT2D eigenvalue weighted by molar-refractivity contribution is -0.141. The Balaban J connectivity index is 2.12. The Morgan fingerprint density at radius 2 is 2.27 bits per heavy atom. The van der Waals surface area contributed by atoms with E-state index in [0.717, 1.165) is 16.9 Å². The summed E-state index contributed by atoms with van der Waals surface area (Å²) in [6.45, 7) is 0.547. The van der Waals surface area contributed by atoms with Gasteiger partial charge in [0.05, 0.1) is 17.0 Å². The van der Waals surface area contributed by atoms with Crippen LogP contribution in [0.15, 0.2) is 24.3 Å². The van der Waals surface area contributed by atoms with Crippen LogP contribution >= 0.6 is 0 Å². The van der Waals surface area contributed by atoms with Crippen molar-refractivity contribution in [2.75, 3.05) is 0 Å². The minimum Gasteiger partial charge on any atom is -0.481 e. The summed E-state index contributed by atoms with van der Waals surface area (Å²) in [4.78, 5) is 15.3. The van der Waals surface area contributed by atoms with E-state index < -0.39 is 5.97 Å². The van der Waals surface area contributed by atoms with Crippen molar-refractivity contribution in [1.82, 2.24) is 9.55 Å². The Morgan fingerprint density at radius 1 is 1.47 bits per heavy atom. The van der Waals surface area contributed by atoms with Gasteiger partial charge in [0.2, 0.25) is 0 Å². The maximum atomic E-state index is 10.9. The van der Waals surface area contributed by atoms with Crippen molar-refractivity contribution in [3.05, 3.63) is 30.1 Å². The van der Waals surface area contributed by atoms with Crippen LogP contribution in [0, 0.1) is 5.92 Å². The van der Waals surface area contributed by atoms with E-state index in [2.05, 4.69) is 4.98 Å². The first-order valence-corrected chi connectivity index (χ1v) is 4.92. The van der Waals surface area contributed by atoms with Crippen LogP contribution in [0.2, 0.25) is 0 Å². The third-order valence-electron chi connectivity index (χ3n) is 2.91. The molecular formula is C11H10N2O2. The molecule has 1 atom stereocenters. The number of para-hydroxylation sites is 2. The van der Waals surface area contributed by atoms with Crippen LogP contribution in [0.25, 0.3) is 11.0 Å². The van der Waals surface area contributed by atoms with Crippen molar-refractivity contribution in [1.29, 1.82) is 0 Å². The average Bonchev–Trinajstić information content (AvgIpc) is 2.73. The highest BCUT2D eigenvalue weighted by molar-refractivity contribution is 5.78. The molecule has 0 fully saturated rings. The maximum absolute atomic E-state index is 10.9. The highest BCUT2D eigenvalue weighted by Gasteiger charge is 2.29. The second-order valence-electron chi connectivity index (χ2n) is 3.87. The van der Waals surface area contributed by atoms with Crippen molar-refractivity contribution >= 4 is 17.0 Å². The first-order chi connectivity index (χ1) is 7.25. The number of fused-ring (bicyclic) bond motifs is 3. The third-order valence-corrected chi connectivity index (χ3v) is 2.91. The summed E-state index contributed by atoms with van der Waals surface area (Å²) < 4.78 is 2.01. The van der Waals surface area contributed by atoms with Gasteiger partial charge in [0, 0.05) is 13.0 Å². The van der Waals surface area contributed by atoms with E-state index in [4.69, 9.17) is 5.11 Å². The minimum absolute atomic E-state index is 0.308. The number of aromatic nitrogens is 2. The second kappa shape index (κ2) is 2.82. The van der Waals surface area contributed by atoms with Crippen molar-refractivity contribution in [3.8, 4) is 0 Å². The Bertz CT molecular complexity index is 545. The fourth-order valence-electron chi connectivity index (χ4n) is 2.16. The van der Waals surface area contributed by atoms with Gasteiger partial charge in [0.25, 0.3) is 0 Å². The molecule has 1 unspecified atom stereocenters. The van der Waals surface area contributed by atoms with Crippen molar-refractivity contribution in [3.63, 3.8) is 0 Å². The normalized spacial score (nSPS) is 19.3. The van der Waals surface area contributed by atoms with Crippen LogP contribution in [0.3, 0.4) is 0 Å². The highest BCUT2D eigenvalue weighted by atomic mass is 16.4. The molecule has 3 rings (SSSR count). The number of carboxylic acids is 1. The van der Waals surface area contributed by atoms with E-state index in [1.54, 1.807) is 0 Å². The van der Waals surface area contributed by atoms with E-state index in [1.165, 1.54) is 0 Å². The van der Waals surface area contributed by atoms with Gasteiger partial charge in [-0.15, -0.1) is 0 Å². The van der Waals surface area contributed by atoms with E-state index in [-0.39, 0.29) is 5.92 Å². The van der Waals surface area contributed by atoms with Gasteiger partial charge < -0.3 is 9.67 Å². The second-order valence-corrected chi connectivity index (χ2v) is 3.87. The molecule has 4 nitrogen and oxygen atoms in total. The Morgan fingerprint density at radius 3 is 3.07 bits per heavy atom. The molecule has 0 spiro atoms. The van der Waals surface area contributed by atoms with Gasteiger partial charge in [0.1, 0.15) is 5.82 Å². The molecule has 0 saturated heterocycles. The summed E-state index contributed by atoms with van der Waals surface area (Å²) >= 11 is 0. The lowest BCUT2D eigenvalue weighted by atomic mass is 10.1. The summed E-state index contributed by atoms with van der Waals surface area (Å²) in [6.07, 6.45) is 0.546. The molecule has 1 aromatic heterocycles. The van der Waals surface area contributed by atoms with Gasteiger partial charge in [0.15, 0.2) is 0 Å². The standard InChI is InChI=1S/C11H10N2O2/c14-11(15)7-5-10-12-8-3-1-2-4-9(8)13(10)6-7/h1-4,7H,5-6H2,(H,14,15). The van der Waals surface area contributed by atoms with Crippen LogP contribution in [0.4, 0.5) is 0 Å². The molecule has 1 N–H and O–H groups in total. The zero-order chi connectivity index (χ0) is 10.4. The Kier molecular flexibility index (Phi) is 1.59. The molecule has 76 valence electrons. The van der Waals surface area contributed by atoms with Crippen LogP contribution in [-0.2, 0) is 17.8 Å². The zero-order valence-electron chi connectivity index (χ0n) is 8.05. The molecule has 0 aliphatic carbocycles. The molecule has 0 bridgehead atoms. The predicted octanol–water partition coefficient (Wildman–Crippen LogP) is 1.29. The van der Waals surface area contributed by atoms with Gasteiger partial charge >= 0.3 is 5.97 Å². The van der Waals surface area contributed by atoms with E-state index >= 15 is 0 Å². The highest BCUT2D eigenvalue weighted by Crippen LogP contribution is 2.25. The summed E-state index contributed by atoms with van der Waals surface area (Å²) in [6, 6.07) is 7.83. The number of nitrogens with zero attached hydrogens (tertiary/aromatic N) is 2. The number of hydrogen-bond donors (Lipinski definition) is 1. The summed E-state index contributed by atoms with van der Waals surface area (Å²) in [5.74, 6) is -0.148. The quantitative estimate of drug-likeness (QED) is 0.758. The molecule has 1 aliphatic rings. The predicted molar refractivity (Wildman–Crippen MR) is 54.6 cm³/mol. The SMILES string of the molecule is O=C(O)C1Cc2nc3ccccc3n2C1. The largest absolute Gasteiger partial charge is 0.481 e. The molecule has 4 heteroatoms. The van der Waals surface area contributed by atoms with Gasteiger partial charge in [-0.3, -0.25) is 4.79 Å². The van der Waals surface area contributed by atoms with Crippen molar-refractivity contribution < 1.29 is 9.90 Å². The molecule has 15 heavy (non-hydrogen) atoms. The van der Waals surface area contributed by atoms with Crippen molar-refractivity contribution in [2.24, 2.45) is 5.92 Å².